The van der Waals surface area contributed by atoms with E-state index in [0.29, 0.717) is 12.0 Å². The molecule has 14 amide bonds. The van der Waals surface area contributed by atoms with Gasteiger partial charge in [0.2, 0.25) is 82.7 Å². The fourth-order valence-electron chi connectivity index (χ4n) is 12.3. The number of nitrogens with one attached hydrogen (secondary N) is 12. The van der Waals surface area contributed by atoms with Crippen LogP contribution in [0.1, 0.15) is 141 Å². The quantitative estimate of drug-likeness (QED) is 0.0269. The zero-order valence-corrected chi connectivity index (χ0v) is 64.7. The van der Waals surface area contributed by atoms with Gasteiger partial charge >= 0.3 is 41.8 Å². The number of hydrogen-bond donors (Lipinski definition) is 24. The normalized spacial score (nSPS) is 16.7. The second-order valence-electron chi connectivity index (χ2n) is 28.2. The first-order valence-corrected chi connectivity index (χ1v) is 37.7. The third kappa shape index (κ3) is 35.1. The second kappa shape index (κ2) is 51.1. The summed E-state index contributed by atoms with van der Waals surface area (Å²) in [6, 6.07) is -16.6. The summed E-state index contributed by atoms with van der Waals surface area (Å²) < 4.78 is 0. The van der Waals surface area contributed by atoms with Gasteiger partial charge in [-0.15, -0.1) is 0 Å². The fourth-order valence-corrected chi connectivity index (χ4v) is 12.3. The van der Waals surface area contributed by atoms with Crippen molar-refractivity contribution in [2.24, 2.45) is 17.4 Å². The average molecular weight is 1680 g/mol. The number of unbranched alkanes of at least 4 members (excludes halogenated alkanes) is 1. The van der Waals surface area contributed by atoms with Gasteiger partial charge in [-0.05, 0) is 101 Å². The molecule has 0 unspecified atom stereocenters. The summed E-state index contributed by atoms with van der Waals surface area (Å²) >= 11 is 0. The van der Waals surface area contributed by atoms with Gasteiger partial charge in [-0.3, -0.25) is 95.9 Å². The number of carboxylic acids is 7. The summed E-state index contributed by atoms with van der Waals surface area (Å²) in [6.45, 7) is -1.30. The van der Waals surface area contributed by atoms with E-state index in [0.717, 1.165) is 9.80 Å². The van der Waals surface area contributed by atoms with Crippen LogP contribution in [0.3, 0.4) is 0 Å². The molecule has 2 aliphatic rings. The van der Waals surface area contributed by atoms with Crippen molar-refractivity contribution in [2.75, 3.05) is 46.0 Å². The Labute approximate surface area is 673 Å². The smallest absolute Gasteiger partial charge is 0.326 e. The van der Waals surface area contributed by atoms with Gasteiger partial charge in [-0.1, -0.05) is 44.2 Å². The van der Waals surface area contributed by atoms with Gasteiger partial charge < -0.3 is 136 Å². The molecule has 2 fully saturated rings. The summed E-state index contributed by atoms with van der Waals surface area (Å²) in [5.41, 5.74) is 11.3. The van der Waals surface area contributed by atoms with E-state index in [-0.39, 0.29) is 71.0 Å². The molecule has 1 aromatic rings. The van der Waals surface area contributed by atoms with Gasteiger partial charge in [-0.2, -0.15) is 0 Å². The van der Waals surface area contributed by atoms with E-state index in [1.54, 1.807) is 32.0 Å². The van der Waals surface area contributed by atoms with E-state index < -0.39 is 312 Å². The summed E-state index contributed by atoms with van der Waals surface area (Å²) in [7, 11) is 0. The molecule has 3 rings (SSSR count). The minimum atomic E-state index is -2.07. The van der Waals surface area contributed by atoms with Gasteiger partial charge in [0.05, 0.1) is 32.8 Å². The first-order chi connectivity index (χ1) is 55.6. The topological polar surface area (TPSA) is 764 Å². The van der Waals surface area contributed by atoms with E-state index in [1.165, 1.54) is 12.1 Å². The zero-order chi connectivity index (χ0) is 88.6. The van der Waals surface area contributed by atoms with Gasteiger partial charge in [0.15, 0.2) is 0 Å². The van der Waals surface area contributed by atoms with Gasteiger partial charge in [0.1, 0.15) is 84.6 Å². The number of hydrogen-bond acceptors (Lipinski definition) is 26. The molecule has 47 nitrogen and oxygen atoms in total. The lowest BCUT2D eigenvalue weighted by molar-refractivity contribution is -0.145. The van der Waals surface area contributed by atoms with Crippen LogP contribution in [0.15, 0.2) is 30.3 Å². The molecule has 0 spiro atoms. The van der Waals surface area contributed by atoms with E-state index in [2.05, 4.69) is 58.5 Å². The fraction of sp³-hybridized carbons (Fsp3) is 0.620. The summed E-state index contributed by atoms with van der Waals surface area (Å²) in [5.74, 6) is -27.5. The van der Waals surface area contributed by atoms with Crippen molar-refractivity contribution < 1.29 is 152 Å². The van der Waals surface area contributed by atoms with E-state index in [9.17, 15) is 147 Å². The standard InChI is InChI=1S/C71H106N16O31/c1-35(2)28-44(64(110)78-40(17-22-54(96)97)62(108)80-43(71(117)118)12-6-7-25-72)81-63(109)41(18-23-55(98)99)77-61(107)42(19-24-56(100)101)79-67(113)49-13-8-26-86(49)69(115)46(29-36-10-4-3-5-11-36)83-65(111)45(30-57(102)103)82-68(114)50-14-9-27-87(50)70(116)48(34-90)85-60(106)39(16-21-53(94)95)75-51(91)31-74-59(105)38(15-20-52(92)93)76-66(112)47(33-89)84-58(104)37(73)32-88/h3-5,10-11,35,37-50,88-90H,6-9,12-34,72-73H2,1-2H3,(H,74,105)(H,75,91)(H,76,112)(H,77,107)(H,78,110)(H,79,113)(H,80,108)(H,81,109)(H,82,114)(H,83,111)(H,84,104)(H,85,106)(H,92,93)(H,94,95)(H,96,97)(H,98,99)(H,100,101)(H,102,103)(H,117,118)/t37-,38-,39-,40-,41-,42-,43-,44-,45-,46-,47-,48-,49-,50-/m0/s1. The number of amides is 14. The van der Waals surface area contributed by atoms with Crippen LogP contribution >= 0.6 is 0 Å². The minimum Gasteiger partial charge on any atom is -0.481 e. The maximum atomic E-state index is 15.0. The highest BCUT2D eigenvalue weighted by molar-refractivity contribution is 6.01. The molecule has 656 valence electrons. The number of likely N-dealkylation sites (tertiary alicyclic amines) is 2. The number of carboxylic acid groups (broad SMARTS) is 7. The third-order valence-electron chi connectivity index (χ3n) is 18.5. The first-order valence-electron chi connectivity index (χ1n) is 37.7. The second-order valence-corrected chi connectivity index (χ2v) is 28.2. The van der Waals surface area contributed by atoms with E-state index in [4.69, 9.17) is 16.6 Å². The molecule has 2 aliphatic heterocycles. The predicted molar refractivity (Wildman–Crippen MR) is 400 cm³/mol. The van der Waals surface area contributed by atoms with Crippen LogP contribution in [0.25, 0.3) is 0 Å². The lowest BCUT2D eigenvalue weighted by Crippen LogP contribution is -2.61. The Bertz CT molecular complexity index is 3740. The van der Waals surface area contributed by atoms with Gasteiger partial charge in [0.25, 0.3) is 0 Å². The molecular formula is C71H106N16O31. The van der Waals surface area contributed by atoms with Crippen molar-refractivity contribution >= 4 is 124 Å². The Balaban J connectivity index is 1.90. The van der Waals surface area contributed by atoms with Gasteiger partial charge in [0, 0.05) is 51.6 Å². The number of aliphatic hydroxyl groups is 3. The molecular weight excluding hydrogens is 1570 g/mol. The van der Waals surface area contributed by atoms with Crippen LogP contribution in [0, 0.1) is 5.92 Å². The van der Waals surface area contributed by atoms with Crippen molar-refractivity contribution in [3.8, 4) is 0 Å². The first kappa shape index (κ1) is 100. The molecule has 14 atom stereocenters. The third-order valence-corrected chi connectivity index (χ3v) is 18.5. The summed E-state index contributed by atoms with van der Waals surface area (Å²) in [4.78, 5) is 279. The Morgan fingerprint density at radius 1 is 0.398 bits per heavy atom. The van der Waals surface area contributed by atoms with Crippen molar-refractivity contribution in [2.45, 2.75) is 227 Å². The van der Waals surface area contributed by atoms with Gasteiger partial charge in [-0.25, -0.2) is 4.79 Å². The largest absolute Gasteiger partial charge is 0.481 e. The molecule has 118 heavy (non-hydrogen) atoms. The van der Waals surface area contributed by atoms with Crippen LogP contribution in [0.2, 0.25) is 0 Å². The maximum Gasteiger partial charge on any atom is 0.326 e. The molecule has 0 radical (unpaired) electrons. The monoisotopic (exact) mass is 1680 g/mol. The highest BCUT2D eigenvalue weighted by Crippen LogP contribution is 2.23. The highest BCUT2D eigenvalue weighted by atomic mass is 16.4. The van der Waals surface area contributed by atoms with E-state index in [1.807, 2.05) is 5.32 Å². The summed E-state index contributed by atoms with van der Waals surface area (Å²) in [6.07, 6.45) is -8.74. The highest BCUT2D eigenvalue weighted by Gasteiger charge is 2.44. The van der Waals surface area contributed by atoms with Crippen LogP contribution < -0.4 is 75.3 Å². The molecule has 26 N–H and O–H groups in total. The molecule has 0 saturated carbocycles. The number of benzene rings is 1. The number of aliphatic carboxylic acids is 7. The molecule has 0 aliphatic carbocycles. The minimum absolute atomic E-state index is 0.0339. The van der Waals surface area contributed by atoms with Crippen LogP contribution in [-0.2, 0) is 107 Å². The average Bonchev–Trinajstić information content (AvgIpc) is 1.63. The molecule has 1 aromatic carbocycles. The van der Waals surface area contributed by atoms with Crippen molar-refractivity contribution in [3.63, 3.8) is 0 Å². The summed E-state index contributed by atoms with van der Waals surface area (Å²) in [5, 5.41) is 124. The Kier molecular flexibility index (Phi) is 43.3. The van der Waals surface area contributed by atoms with Crippen LogP contribution in [-0.4, -0.2) is 316 Å². The van der Waals surface area contributed by atoms with Crippen LogP contribution in [0.4, 0.5) is 0 Å². The molecule has 0 aromatic heterocycles. The zero-order valence-electron chi connectivity index (χ0n) is 64.7. The number of carbonyl (C=O) groups is 21. The maximum absolute atomic E-state index is 15.0. The Hall–Kier alpha value is -12.1. The van der Waals surface area contributed by atoms with Crippen molar-refractivity contribution in [1.29, 1.82) is 0 Å². The van der Waals surface area contributed by atoms with Crippen molar-refractivity contribution in [3.05, 3.63) is 35.9 Å². The lowest BCUT2D eigenvalue weighted by Gasteiger charge is -2.31. The SMILES string of the molecule is CC(C)C[C@H](NC(=O)[C@H](CCC(=O)O)NC(=O)[C@H](CCC(=O)O)NC(=O)[C@@H]1CCCN1C(=O)[C@H](Cc1ccccc1)NC(=O)[C@H](CC(=O)O)NC(=O)[C@@H]1CCCN1C(=O)[C@H](CO)NC(=O)[C@H](CCC(=O)O)NC(=O)CNC(=O)[C@H](CCC(=O)O)NC(=O)[C@H](CO)NC(=O)[C@@H](N)CO)C(=O)N[C@@H](CCC(=O)O)C(=O)N[C@@H](CCCCN)C(=O)O. The lowest BCUT2D eigenvalue weighted by atomic mass is 10.0. The van der Waals surface area contributed by atoms with Crippen molar-refractivity contribution in [1.82, 2.24) is 73.6 Å². The Morgan fingerprint density at radius 3 is 1.18 bits per heavy atom. The molecule has 47 heteroatoms. The molecule has 0 bridgehead atoms. The predicted octanol–water partition coefficient (Wildman–Crippen LogP) is -8.98. The van der Waals surface area contributed by atoms with E-state index >= 15 is 0 Å². The van der Waals surface area contributed by atoms with Crippen LogP contribution in [0.5, 0.6) is 0 Å². The number of rotatable bonds is 55. The number of nitrogens with two attached hydrogens (primary N) is 2. The number of carbonyl (C=O) groups excluding carboxylic acids is 14. The Morgan fingerprint density at radius 2 is 0.763 bits per heavy atom. The molecule has 2 heterocycles. The number of aliphatic hydroxyl groups excluding tert-OH is 3. The molecule has 2 saturated heterocycles. The number of nitrogens with zero attached hydrogens (tertiary/aromatic N) is 2.